The second-order valence-electron chi connectivity index (χ2n) is 2.15. The maximum Gasteiger partial charge on any atom is 0.284 e. The lowest BCUT2D eigenvalue weighted by Crippen LogP contribution is -3.00. The molecule has 1 heterocycles. The van der Waals surface area contributed by atoms with Gasteiger partial charge in [-0.05, 0) is 0 Å². The number of imide groups is 1. The molecule has 4 nitrogen and oxygen atoms in total. The van der Waals surface area contributed by atoms with E-state index >= 15 is 0 Å². The lowest BCUT2D eigenvalue weighted by atomic mass is 10.1. The summed E-state index contributed by atoms with van der Waals surface area (Å²) < 4.78 is 0. The highest BCUT2D eigenvalue weighted by Crippen LogP contribution is 1.98. The van der Waals surface area contributed by atoms with Crippen LogP contribution >= 0.6 is 0 Å². The van der Waals surface area contributed by atoms with E-state index in [1.807, 2.05) is 0 Å². The number of carbonyl (C=O) groups excluding carboxylic acids is 2. The smallest absolute Gasteiger partial charge is 0.284 e. The van der Waals surface area contributed by atoms with E-state index in [1.54, 1.807) is 0 Å². The van der Waals surface area contributed by atoms with E-state index < -0.39 is 0 Å². The molecule has 1 atom stereocenters. The molecule has 0 radical (unpaired) electrons. The van der Waals surface area contributed by atoms with Gasteiger partial charge in [0.05, 0.1) is 0 Å². The van der Waals surface area contributed by atoms with E-state index in [0.29, 0.717) is 12.8 Å². The molecule has 1 unspecified atom stereocenters. The van der Waals surface area contributed by atoms with Crippen LogP contribution in [0.1, 0.15) is 12.8 Å². The molecule has 1 rings (SSSR count). The number of carbonyl (C=O) groups is 2. The summed E-state index contributed by atoms with van der Waals surface area (Å²) in [5.74, 6) is -0.425. The second kappa shape index (κ2) is 3.53. The molecule has 0 aromatic heterocycles. The van der Waals surface area contributed by atoms with E-state index in [1.165, 1.54) is 0 Å². The summed E-state index contributed by atoms with van der Waals surface area (Å²) in [5.41, 5.74) is 3.55. The predicted molar refractivity (Wildman–Crippen MR) is 29.1 cm³/mol. The van der Waals surface area contributed by atoms with Crippen molar-refractivity contribution in [3.8, 4) is 0 Å². The van der Waals surface area contributed by atoms with E-state index in [0.717, 1.165) is 0 Å². The van der Waals surface area contributed by atoms with Crippen LogP contribution in [0.25, 0.3) is 0 Å². The molecule has 10 heavy (non-hydrogen) atoms. The molecule has 1 aliphatic heterocycles. The Labute approximate surface area is 64.6 Å². The normalized spacial score (nSPS) is 25.1. The van der Waals surface area contributed by atoms with Crippen molar-refractivity contribution in [2.24, 2.45) is 0 Å². The minimum absolute atomic E-state index is 0. The van der Waals surface area contributed by atoms with Crippen LogP contribution in [0, 0.1) is 0 Å². The van der Waals surface area contributed by atoms with E-state index in [4.69, 9.17) is 0 Å². The number of nitrogens with one attached hydrogen (secondary N) is 1. The summed E-state index contributed by atoms with van der Waals surface area (Å²) in [6.45, 7) is 0. The van der Waals surface area contributed by atoms with Crippen LogP contribution in [0.5, 0.6) is 0 Å². The maximum atomic E-state index is 10.6. The molecule has 0 saturated carbocycles. The first kappa shape index (κ1) is 9.39. The van der Waals surface area contributed by atoms with E-state index in [9.17, 15) is 9.59 Å². The topological polar surface area (TPSA) is 73.8 Å². The Morgan fingerprint density at radius 2 is 2.10 bits per heavy atom. The Morgan fingerprint density at radius 3 is 2.50 bits per heavy atom. The summed E-state index contributed by atoms with van der Waals surface area (Å²) >= 11 is 0. The van der Waals surface area contributed by atoms with Crippen LogP contribution in [0.15, 0.2) is 0 Å². The van der Waals surface area contributed by atoms with Crippen molar-refractivity contribution in [2.75, 3.05) is 0 Å². The molecule has 0 bridgehead atoms. The van der Waals surface area contributed by atoms with E-state index in [-0.39, 0.29) is 30.3 Å². The lowest BCUT2D eigenvalue weighted by molar-refractivity contribution is -0.405. The molecule has 0 aliphatic carbocycles. The highest BCUT2D eigenvalue weighted by Gasteiger charge is 2.25. The zero-order valence-electron chi connectivity index (χ0n) is 5.39. The minimum Gasteiger partial charge on any atom is -1.00 e. The lowest BCUT2D eigenvalue weighted by Gasteiger charge is -2.12. The summed E-state index contributed by atoms with van der Waals surface area (Å²) in [6.07, 6.45) is 1.02. The van der Waals surface area contributed by atoms with Gasteiger partial charge in [0.15, 0.2) is 6.04 Å². The first-order valence-corrected chi connectivity index (χ1v) is 2.87. The minimum atomic E-state index is -0.244. The molecule has 1 aliphatic rings. The van der Waals surface area contributed by atoms with Crippen molar-refractivity contribution in [2.45, 2.75) is 18.9 Å². The van der Waals surface area contributed by atoms with Gasteiger partial charge in [0.1, 0.15) is 0 Å². The molecule has 58 valence electrons. The van der Waals surface area contributed by atoms with Crippen LogP contribution in [0.2, 0.25) is 0 Å². The zero-order valence-corrected chi connectivity index (χ0v) is 6.15. The van der Waals surface area contributed by atoms with Crippen molar-refractivity contribution < 1.29 is 27.7 Å². The summed E-state index contributed by atoms with van der Waals surface area (Å²) in [4.78, 5) is 21.1. The number of hydrogen-bond donors (Lipinski definition) is 2. The molecule has 4 N–H and O–H groups in total. The molecule has 1 saturated heterocycles. The summed E-state index contributed by atoms with van der Waals surface area (Å²) in [7, 11) is 0. The molecular weight excluding hydrogens is 156 g/mol. The largest absolute Gasteiger partial charge is 1.00 e. The monoisotopic (exact) mass is 164 g/mol. The summed E-state index contributed by atoms with van der Waals surface area (Å²) in [6, 6.07) is -0.234. The first-order valence-electron chi connectivity index (χ1n) is 2.87. The molecule has 5 heteroatoms. The molecular formula is C5H9ClN2O2. The van der Waals surface area contributed by atoms with Crippen molar-refractivity contribution in [1.82, 2.24) is 5.32 Å². The number of rotatable bonds is 0. The van der Waals surface area contributed by atoms with Crippen LogP contribution in [0.3, 0.4) is 0 Å². The Balaban J connectivity index is 0.000000810. The Kier molecular flexibility index (Phi) is 3.32. The number of piperidine rings is 1. The highest BCUT2D eigenvalue weighted by atomic mass is 35.5. The molecule has 0 aromatic carbocycles. The van der Waals surface area contributed by atoms with Crippen LogP contribution in [-0.4, -0.2) is 17.9 Å². The van der Waals surface area contributed by atoms with Crippen LogP contribution in [-0.2, 0) is 9.59 Å². The van der Waals surface area contributed by atoms with Gasteiger partial charge < -0.3 is 18.1 Å². The molecule has 1 fully saturated rings. The highest BCUT2D eigenvalue weighted by molar-refractivity contribution is 5.99. The summed E-state index contributed by atoms with van der Waals surface area (Å²) in [5, 5.41) is 2.19. The predicted octanol–water partition coefficient (Wildman–Crippen LogP) is -4.96. The fraction of sp³-hybridized carbons (Fsp3) is 0.600. The number of halogens is 1. The Morgan fingerprint density at radius 1 is 1.50 bits per heavy atom. The number of hydrogen-bond acceptors (Lipinski definition) is 2. The van der Waals surface area contributed by atoms with Gasteiger partial charge in [0, 0.05) is 12.8 Å². The van der Waals surface area contributed by atoms with Gasteiger partial charge in [-0.3, -0.25) is 14.9 Å². The standard InChI is InChI=1S/C5H8N2O2.ClH/c6-3-1-2-4(8)7-5(3)9;/h3H,1-2,6H2,(H,7,8,9);1H. The average molecular weight is 165 g/mol. The zero-order chi connectivity index (χ0) is 6.85. The second-order valence-corrected chi connectivity index (χ2v) is 2.15. The van der Waals surface area contributed by atoms with Gasteiger partial charge in [-0.15, -0.1) is 0 Å². The third kappa shape index (κ3) is 1.97. The van der Waals surface area contributed by atoms with Gasteiger partial charge in [-0.25, -0.2) is 0 Å². The maximum absolute atomic E-state index is 10.6. The van der Waals surface area contributed by atoms with Gasteiger partial charge >= 0.3 is 0 Å². The quantitative estimate of drug-likeness (QED) is 0.352. The van der Waals surface area contributed by atoms with Crippen LogP contribution in [0.4, 0.5) is 0 Å². The van der Waals surface area contributed by atoms with Gasteiger partial charge in [-0.1, -0.05) is 0 Å². The number of quaternary nitrogens is 1. The Hall–Kier alpha value is -0.610. The van der Waals surface area contributed by atoms with Crippen LogP contribution < -0.4 is 23.5 Å². The van der Waals surface area contributed by atoms with Gasteiger partial charge in [0.2, 0.25) is 5.91 Å². The van der Waals surface area contributed by atoms with Crippen molar-refractivity contribution in [3.05, 3.63) is 0 Å². The SMILES string of the molecule is [Cl-].[NH3+]C1CCC(=O)NC1=O. The van der Waals surface area contributed by atoms with Gasteiger partial charge in [0.25, 0.3) is 5.91 Å². The Bertz CT molecular complexity index is 160. The third-order valence-electron chi connectivity index (χ3n) is 1.35. The average Bonchev–Trinajstić information content (AvgIpc) is 1.80. The number of amides is 2. The van der Waals surface area contributed by atoms with Crippen molar-refractivity contribution in [3.63, 3.8) is 0 Å². The molecule has 0 aromatic rings. The fourth-order valence-electron chi connectivity index (χ4n) is 0.738. The van der Waals surface area contributed by atoms with Crippen molar-refractivity contribution in [1.29, 1.82) is 0 Å². The fourth-order valence-corrected chi connectivity index (χ4v) is 0.738. The van der Waals surface area contributed by atoms with Crippen molar-refractivity contribution >= 4 is 11.8 Å². The van der Waals surface area contributed by atoms with Gasteiger partial charge in [-0.2, -0.15) is 0 Å². The van der Waals surface area contributed by atoms with E-state index in [2.05, 4.69) is 11.1 Å². The first-order chi connectivity index (χ1) is 4.20. The third-order valence-corrected chi connectivity index (χ3v) is 1.35. The molecule has 2 amide bonds. The molecule has 0 spiro atoms.